The van der Waals surface area contributed by atoms with Gasteiger partial charge in [0.1, 0.15) is 0 Å². The summed E-state index contributed by atoms with van der Waals surface area (Å²) in [5.74, 6) is -0.216. The van der Waals surface area contributed by atoms with E-state index in [4.69, 9.17) is 4.74 Å². The molecule has 0 aromatic rings. The molecule has 0 radical (unpaired) electrons. The van der Waals surface area contributed by atoms with Crippen LogP contribution in [0, 0.1) is 0 Å². The smallest absolute Gasteiger partial charge is 0.333 e. The number of esters is 1. The van der Waals surface area contributed by atoms with Gasteiger partial charge in [-0.1, -0.05) is 12.8 Å². The van der Waals surface area contributed by atoms with Crippen molar-refractivity contribution in [3.63, 3.8) is 0 Å². The predicted octanol–water partition coefficient (Wildman–Crippen LogP) is 0.971. The van der Waals surface area contributed by atoms with E-state index in [9.17, 15) is 9.59 Å². The topological polar surface area (TPSA) is 46.6 Å². The maximum absolute atomic E-state index is 11.6. The number of amides is 1. The van der Waals surface area contributed by atoms with Gasteiger partial charge in [0.15, 0.2) is 0 Å². The lowest BCUT2D eigenvalue weighted by Gasteiger charge is -2.50. The lowest BCUT2D eigenvalue weighted by molar-refractivity contribution is -0.203. The van der Waals surface area contributed by atoms with Crippen LogP contribution in [-0.4, -0.2) is 28.5 Å². The molecule has 0 aromatic heterocycles. The fourth-order valence-corrected chi connectivity index (χ4v) is 2.85. The number of carbonyl (C=O) groups is 2. The van der Waals surface area contributed by atoms with Crippen molar-refractivity contribution in [2.24, 2.45) is 0 Å². The summed E-state index contributed by atoms with van der Waals surface area (Å²) < 4.78 is 5.24. The summed E-state index contributed by atoms with van der Waals surface area (Å²) in [5.41, 5.74) is -0.705. The van der Waals surface area contributed by atoms with E-state index in [1.165, 1.54) is 18.9 Å². The highest BCUT2D eigenvalue weighted by Crippen LogP contribution is 2.43. The summed E-state index contributed by atoms with van der Waals surface area (Å²) in [6, 6.07) is 0.279. The van der Waals surface area contributed by atoms with Gasteiger partial charge in [0.2, 0.25) is 11.6 Å². The van der Waals surface area contributed by atoms with Crippen molar-refractivity contribution >= 4 is 11.9 Å². The fraction of sp³-hybridized carbons (Fsp3) is 0.636. The van der Waals surface area contributed by atoms with Gasteiger partial charge in [0.05, 0.1) is 6.42 Å². The Hall–Kier alpha value is -1.32. The van der Waals surface area contributed by atoms with Gasteiger partial charge < -0.3 is 4.74 Å². The molecule has 0 N–H and O–H groups in total. The first-order valence-corrected chi connectivity index (χ1v) is 5.46. The Labute approximate surface area is 87.9 Å². The normalized spacial score (nSPS) is 35.1. The molecule has 0 aromatic carbocycles. The van der Waals surface area contributed by atoms with Gasteiger partial charge in [-0.2, -0.15) is 0 Å². The number of ether oxygens (including phenoxy) is 1. The molecule has 4 heteroatoms. The highest BCUT2D eigenvalue weighted by atomic mass is 16.6. The fourth-order valence-electron chi connectivity index (χ4n) is 2.85. The number of rotatable bonds is 1. The molecule has 4 nitrogen and oxygen atoms in total. The zero-order valence-electron chi connectivity index (χ0n) is 8.44. The average molecular weight is 207 g/mol. The second kappa shape index (κ2) is 2.84. The van der Waals surface area contributed by atoms with Crippen molar-refractivity contribution in [3.8, 4) is 0 Å². The molecule has 1 amide bonds. The molecule has 2 heterocycles. The highest BCUT2D eigenvalue weighted by Gasteiger charge is 2.57. The van der Waals surface area contributed by atoms with E-state index in [1.807, 2.05) is 0 Å². The van der Waals surface area contributed by atoms with Gasteiger partial charge in [0, 0.05) is 12.1 Å². The molecule has 2 fully saturated rings. The Balaban J connectivity index is 1.84. The van der Waals surface area contributed by atoms with E-state index in [0.717, 1.165) is 12.8 Å². The Bertz CT molecular complexity index is 357. The Morgan fingerprint density at radius 3 is 2.60 bits per heavy atom. The summed E-state index contributed by atoms with van der Waals surface area (Å²) in [7, 11) is 0. The summed E-state index contributed by atoms with van der Waals surface area (Å²) in [4.78, 5) is 24.4. The third-order valence-corrected chi connectivity index (χ3v) is 3.53. The molecule has 2 aliphatic heterocycles. The molecule has 3 aliphatic rings. The van der Waals surface area contributed by atoms with E-state index < -0.39 is 5.72 Å². The van der Waals surface area contributed by atoms with E-state index in [1.54, 1.807) is 11.0 Å². The molecule has 1 atom stereocenters. The summed E-state index contributed by atoms with van der Waals surface area (Å²) in [6.07, 6.45) is 7.90. The SMILES string of the molecule is O=C1C=CC2(CC(=O)N2C2CCCC2)O1. The molecule has 1 aliphatic carbocycles. The van der Waals surface area contributed by atoms with Crippen LogP contribution in [0.1, 0.15) is 32.1 Å². The van der Waals surface area contributed by atoms with Crippen molar-refractivity contribution in [1.82, 2.24) is 4.90 Å². The Morgan fingerprint density at radius 2 is 2.07 bits per heavy atom. The largest absolute Gasteiger partial charge is 0.431 e. The van der Waals surface area contributed by atoms with Gasteiger partial charge in [-0.3, -0.25) is 9.69 Å². The van der Waals surface area contributed by atoms with Crippen LogP contribution in [0.4, 0.5) is 0 Å². The second-order valence-electron chi connectivity index (χ2n) is 4.48. The number of carbonyl (C=O) groups excluding carboxylic acids is 2. The third kappa shape index (κ3) is 1.14. The first kappa shape index (κ1) is 8.95. The maximum Gasteiger partial charge on any atom is 0.333 e. The van der Waals surface area contributed by atoms with Crippen LogP contribution in [0.5, 0.6) is 0 Å². The molecule has 1 saturated carbocycles. The van der Waals surface area contributed by atoms with Crippen molar-refractivity contribution in [2.75, 3.05) is 0 Å². The van der Waals surface area contributed by atoms with Gasteiger partial charge >= 0.3 is 5.97 Å². The minimum atomic E-state index is -0.705. The Morgan fingerprint density at radius 1 is 1.33 bits per heavy atom. The number of nitrogens with zero attached hydrogens (tertiary/aromatic N) is 1. The zero-order chi connectivity index (χ0) is 10.5. The van der Waals surface area contributed by atoms with E-state index in [-0.39, 0.29) is 17.9 Å². The van der Waals surface area contributed by atoms with Crippen LogP contribution in [0.3, 0.4) is 0 Å². The third-order valence-electron chi connectivity index (χ3n) is 3.53. The number of β-lactam (4-membered cyclic amide) rings is 1. The first-order valence-electron chi connectivity index (χ1n) is 5.46. The van der Waals surface area contributed by atoms with Crippen molar-refractivity contribution < 1.29 is 14.3 Å². The molecule has 1 unspecified atom stereocenters. The standard InChI is InChI=1S/C11H13NO3/c13-9-7-11(6-5-10(14)15-11)12(9)8-3-1-2-4-8/h5-6,8H,1-4,7H2. The second-order valence-corrected chi connectivity index (χ2v) is 4.48. The average Bonchev–Trinajstić information content (AvgIpc) is 2.76. The van der Waals surface area contributed by atoms with Gasteiger partial charge in [-0.25, -0.2) is 4.79 Å². The molecule has 15 heavy (non-hydrogen) atoms. The molecule has 80 valence electrons. The quantitative estimate of drug-likeness (QED) is 0.475. The lowest BCUT2D eigenvalue weighted by atomic mass is 9.93. The van der Waals surface area contributed by atoms with Crippen molar-refractivity contribution in [1.29, 1.82) is 0 Å². The van der Waals surface area contributed by atoms with Gasteiger partial charge in [-0.05, 0) is 18.9 Å². The van der Waals surface area contributed by atoms with Crippen LogP contribution < -0.4 is 0 Å². The Kier molecular flexibility index (Phi) is 1.69. The van der Waals surface area contributed by atoms with Crippen molar-refractivity contribution in [2.45, 2.75) is 43.9 Å². The van der Waals surface area contributed by atoms with Gasteiger partial charge in [0.25, 0.3) is 0 Å². The monoisotopic (exact) mass is 207 g/mol. The molecular weight excluding hydrogens is 194 g/mol. The van der Waals surface area contributed by atoms with E-state index in [0.29, 0.717) is 6.42 Å². The predicted molar refractivity (Wildman–Crippen MR) is 51.7 cm³/mol. The van der Waals surface area contributed by atoms with Crippen LogP contribution in [0.2, 0.25) is 0 Å². The lowest BCUT2D eigenvalue weighted by Crippen LogP contribution is -2.66. The summed E-state index contributed by atoms with van der Waals surface area (Å²) in [5, 5.41) is 0. The van der Waals surface area contributed by atoms with E-state index >= 15 is 0 Å². The molecule has 1 spiro atoms. The molecular formula is C11H13NO3. The van der Waals surface area contributed by atoms with Crippen LogP contribution in [0.15, 0.2) is 12.2 Å². The summed E-state index contributed by atoms with van der Waals surface area (Å²) in [6.45, 7) is 0. The van der Waals surface area contributed by atoms with Gasteiger partial charge in [-0.15, -0.1) is 0 Å². The van der Waals surface area contributed by atoms with Crippen molar-refractivity contribution in [3.05, 3.63) is 12.2 Å². The maximum atomic E-state index is 11.6. The number of hydrogen-bond donors (Lipinski definition) is 0. The molecule has 1 saturated heterocycles. The zero-order valence-corrected chi connectivity index (χ0v) is 8.44. The minimum absolute atomic E-state index is 0.112. The highest BCUT2D eigenvalue weighted by molar-refractivity contribution is 5.92. The molecule has 3 rings (SSSR count). The summed E-state index contributed by atoms with van der Waals surface area (Å²) >= 11 is 0. The first-order chi connectivity index (χ1) is 7.21. The number of hydrogen-bond acceptors (Lipinski definition) is 3. The van der Waals surface area contributed by atoms with E-state index in [2.05, 4.69) is 0 Å². The van der Waals surface area contributed by atoms with Crippen LogP contribution >= 0.6 is 0 Å². The number of likely N-dealkylation sites (tertiary alicyclic amines) is 1. The van der Waals surface area contributed by atoms with Crippen LogP contribution in [0.25, 0.3) is 0 Å². The minimum Gasteiger partial charge on any atom is -0.431 e. The molecule has 0 bridgehead atoms. The van der Waals surface area contributed by atoms with Crippen LogP contribution in [-0.2, 0) is 14.3 Å².